The average Bonchev–Trinajstić information content (AvgIpc) is 3.34. The monoisotopic (exact) mass is 461 g/mol. The van der Waals surface area contributed by atoms with Crippen LogP contribution in [0.1, 0.15) is 11.3 Å². The van der Waals surface area contributed by atoms with E-state index < -0.39 is 0 Å². The molecule has 2 saturated heterocycles. The Bertz CT molecular complexity index is 772. The van der Waals surface area contributed by atoms with Crippen LogP contribution in [0.5, 0.6) is 0 Å². The second-order valence-corrected chi connectivity index (χ2v) is 8.61. The lowest BCUT2D eigenvalue weighted by Gasteiger charge is -2.35. The first kappa shape index (κ1) is 23.5. The normalized spacial score (nSPS) is 19.8. The third-order valence-corrected chi connectivity index (χ3v) is 6.71. The van der Waals surface area contributed by atoms with Gasteiger partial charge in [0, 0.05) is 59.6 Å². The largest absolute Gasteiger partial charge is 0.340 e. The van der Waals surface area contributed by atoms with E-state index in [1.54, 1.807) is 11.3 Å². The van der Waals surface area contributed by atoms with Gasteiger partial charge < -0.3 is 10.2 Å². The van der Waals surface area contributed by atoms with Gasteiger partial charge in [-0.3, -0.25) is 9.69 Å². The van der Waals surface area contributed by atoms with Gasteiger partial charge in [-0.05, 0) is 31.2 Å². The Morgan fingerprint density at radius 1 is 1.11 bits per heavy atom. The standard InChI is InChI=1S/C20H24ClN3OS.2ClH/c21-18-4-2-1-3-17(18)19-6-5-16(26-19)14-23-9-11-24(12-10-23)20(25)15-7-8-22-13-15;;/h1-6,15,22H,7-14H2;2*1H. The van der Waals surface area contributed by atoms with Crippen molar-refractivity contribution in [1.82, 2.24) is 15.1 Å². The number of piperazine rings is 1. The minimum atomic E-state index is 0. The number of carbonyl (C=O) groups excluding carboxylic acids is 1. The molecule has 1 atom stereocenters. The quantitative estimate of drug-likeness (QED) is 0.741. The fourth-order valence-corrected chi connectivity index (χ4v) is 5.12. The number of nitrogens with one attached hydrogen (secondary N) is 1. The molecule has 1 amide bonds. The first-order valence-electron chi connectivity index (χ1n) is 9.26. The predicted octanol–water partition coefficient (Wildman–Crippen LogP) is 4.17. The summed E-state index contributed by atoms with van der Waals surface area (Å²) >= 11 is 8.12. The van der Waals surface area contributed by atoms with Crippen LogP contribution in [-0.2, 0) is 11.3 Å². The fourth-order valence-electron chi connectivity index (χ4n) is 3.74. The van der Waals surface area contributed by atoms with Gasteiger partial charge in [0.15, 0.2) is 0 Å². The minimum absolute atomic E-state index is 0. The highest BCUT2D eigenvalue weighted by atomic mass is 35.5. The summed E-state index contributed by atoms with van der Waals surface area (Å²) in [7, 11) is 0. The molecule has 1 aromatic carbocycles. The maximum atomic E-state index is 12.5. The topological polar surface area (TPSA) is 35.6 Å². The molecule has 0 saturated carbocycles. The van der Waals surface area contributed by atoms with Crippen molar-refractivity contribution in [1.29, 1.82) is 0 Å². The molecule has 2 aliphatic rings. The van der Waals surface area contributed by atoms with E-state index in [9.17, 15) is 4.79 Å². The summed E-state index contributed by atoms with van der Waals surface area (Å²) < 4.78 is 0. The molecule has 3 heterocycles. The molecular formula is C20H26Cl3N3OS. The Kier molecular flexibility index (Phi) is 9.06. The average molecular weight is 463 g/mol. The highest BCUT2D eigenvalue weighted by molar-refractivity contribution is 7.15. The highest BCUT2D eigenvalue weighted by Gasteiger charge is 2.29. The van der Waals surface area contributed by atoms with E-state index in [1.165, 1.54) is 9.75 Å². The first-order chi connectivity index (χ1) is 12.7. The summed E-state index contributed by atoms with van der Waals surface area (Å²) in [5.41, 5.74) is 1.10. The van der Waals surface area contributed by atoms with E-state index in [1.807, 2.05) is 18.2 Å². The number of carbonyl (C=O) groups is 1. The van der Waals surface area contributed by atoms with E-state index in [2.05, 4.69) is 33.3 Å². The van der Waals surface area contributed by atoms with Crippen LogP contribution in [0.2, 0.25) is 5.02 Å². The van der Waals surface area contributed by atoms with E-state index in [4.69, 9.17) is 11.6 Å². The summed E-state index contributed by atoms with van der Waals surface area (Å²) in [6.45, 7) is 6.36. The van der Waals surface area contributed by atoms with Gasteiger partial charge in [0.05, 0.1) is 5.92 Å². The third kappa shape index (κ3) is 5.41. The van der Waals surface area contributed by atoms with E-state index in [-0.39, 0.29) is 30.7 Å². The number of rotatable bonds is 4. The number of nitrogens with zero attached hydrogens (tertiary/aromatic N) is 2. The van der Waals surface area contributed by atoms with Gasteiger partial charge in [-0.1, -0.05) is 29.8 Å². The van der Waals surface area contributed by atoms with Gasteiger partial charge in [-0.25, -0.2) is 0 Å². The summed E-state index contributed by atoms with van der Waals surface area (Å²) in [4.78, 5) is 19.6. The molecule has 154 valence electrons. The van der Waals surface area contributed by atoms with Crippen molar-refractivity contribution in [3.05, 3.63) is 46.3 Å². The lowest BCUT2D eigenvalue weighted by Crippen LogP contribution is -2.50. The van der Waals surface area contributed by atoms with Crippen LogP contribution in [0.4, 0.5) is 0 Å². The van der Waals surface area contributed by atoms with Gasteiger partial charge in [-0.15, -0.1) is 36.2 Å². The molecule has 8 heteroatoms. The number of amides is 1. The van der Waals surface area contributed by atoms with Gasteiger partial charge in [0.2, 0.25) is 5.91 Å². The summed E-state index contributed by atoms with van der Waals surface area (Å²) in [5, 5.41) is 4.09. The Morgan fingerprint density at radius 2 is 1.86 bits per heavy atom. The number of hydrogen-bond donors (Lipinski definition) is 1. The maximum absolute atomic E-state index is 12.5. The zero-order valence-electron chi connectivity index (χ0n) is 15.6. The molecular weight excluding hydrogens is 437 g/mol. The van der Waals surface area contributed by atoms with Gasteiger partial charge in [0.1, 0.15) is 0 Å². The Hall–Kier alpha value is -0.820. The molecule has 2 fully saturated rings. The zero-order valence-corrected chi connectivity index (χ0v) is 18.8. The van der Waals surface area contributed by atoms with Crippen molar-refractivity contribution in [3.8, 4) is 10.4 Å². The lowest BCUT2D eigenvalue weighted by molar-refractivity contribution is -0.136. The van der Waals surface area contributed by atoms with Crippen LogP contribution in [-0.4, -0.2) is 55.0 Å². The van der Waals surface area contributed by atoms with Crippen molar-refractivity contribution in [2.24, 2.45) is 5.92 Å². The highest BCUT2D eigenvalue weighted by Crippen LogP contribution is 2.33. The van der Waals surface area contributed by atoms with Gasteiger partial charge >= 0.3 is 0 Å². The molecule has 2 aliphatic heterocycles. The smallest absolute Gasteiger partial charge is 0.227 e. The number of halogens is 3. The molecule has 4 nitrogen and oxygen atoms in total. The second kappa shape index (κ2) is 10.8. The summed E-state index contributed by atoms with van der Waals surface area (Å²) in [6, 6.07) is 12.4. The number of thiophene rings is 1. The predicted molar refractivity (Wildman–Crippen MR) is 122 cm³/mol. The third-order valence-electron chi connectivity index (χ3n) is 5.27. The van der Waals surface area contributed by atoms with E-state index >= 15 is 0 Å². The van der Waals surface area contributed by atoms with Crippen molar-refractivity contribution in [2.75, 3.05) is 39.3 Å². The summed E-state index contributed by atoms with van der Waals surface area (Å²) in [5.74, 6) is 0.531. The van der Waals surface area contributed by atoms with Crippen LogP contribution in [0, 0.1) is 5.92 Å². The lowest BCUT2D eigenvalue weighted by atomic mass is 10.1. The van der Waals surface area contributed by atoms with E-state index in [0.717, 1.165) is 62.8 Å². The molecule has 0 bridgehead atoms. The first-order valence-corrected chi connectivity index (χ1v) is 10.5. The SMILES string of the molecule is Cl.Cl.O=C(C1CCNC1)N1CCN(Cc2ccc(-c3ccccc3Cl)s2)CC1. The van der Waals surface area contributed by atoms with Gasteiger partial charge in [-0.2, -0.15) is 0 Å². The van der Waals surface area contributed by atoms with E-state index in [0.29, 0.717) is 5.91 Å². The van der Waals surface area contributed by atoms with Crippen molar-refractivity contribution in [2.45, 2.75) is 13.0 Å². The molecule has 1 aromatic heterocycles. The second-order valence-electron chi connectivity index (χ2n) is 7.04. The van der Waals surface area contributed by atoms with Crippen molar-refractivity contribution >= 4 is 53.7 Å². The minimum Gasteiger partial charge on any atom is -0.340 e. The zero-order chi connectivity index (χ0) is 17.9. The van der Waals surface area contributed by atoms with Crippen LogP contribution < -0.4 is 5.32 Å². The molecule has 1 N–H and O–H groups in total. The molecule has 0 spiro atoms. The van der Waals surface area contributed by atoms with Crippen LogP contribution in [0.25, 0.3) is 10.4 Å². The Balaban J connectivity index is 0.00000140. The Morgan fingerprint density at radius 3 is 2.54 bits per heavy atom. The molecule has 28 heavy (non-hydrogen) atoms. The molecule has 0 aliphatic carbocycles. The van der Waals surface area contributed by atoms with Gasteiger partial charge in [0.25, 0.3) is 0 Å². The summed E-state index contributed by atoms with van der Waals surface area (Å²) in [6.07, 6.45) is 0.985. The fraction of sp³-hybridized carbons (Fsp3) is 0.450. The maximum Gasteiger partial charge on any atom is 0.227 e. The Labute approximate surface area is 188 Å². The van der Waals surface area contributed by atoms with Crippen LogP contribution in [0.15, 0.2) is 36.4 Å². The molecule has 1 unspecified atom stereocenters. The number of hydrogen-bond acceptors (Lipinski definition) is 4. The molecule has 4 rings (SSSR count). The van der Waals surface area contributed by atoms with Crippen LogP contribution in [0.3, 0.4) is 0 Å². The number of benzene rings is 1. The molecule has 0 radical (unpaired) electrons. The van der Waals surface area contributed by atoms with Crippen LogP contribution >= 0.6 is 47.8 Å². The van der Waals surface area contributed by atoms with Crippen molar-refractivity contribution in [3.63, 3.8) is 0 Å². The van der Waals surface area contributed by atoms with Crippen molar-refractivity contribution < 1.29 is 4.79 Å². The molecule has 2 aromatic rings.